The molecular weight excluding hydrogens is 328 g/mol. The number of primary amides is 1. The van der Waals surface area contributed by atoms with Crippen LogP contribution in [0.3, 0.4) is 0 Å². The average Bonchev–Trinajstić information content (AvgIpc) is 2.55. The van der Waals surface area contributed by atoms with Gasteiger partial charge in [0, 0.05) is 6.07 Å². The number of aliphatic hydroxyl groups is 4. The summed E-state index contributed by atoms with van der Waals surface area (Å²) >= 11 is 0. The fourth-order valence-electron chi connectivity index (χ4n) is 2.37. The molecule has 6 N–H and O–H groups in total. The Bertz CT molecular complexity index is 640. The van der Waals surface area contributed by atoms with Crippen LogP contribution in [0.15, 0.2) is 24.3 Å². The van der Waals surface area contributed by atoms with Gasteiger partial charge in [-0.2, -0.15) is 0 Å². The van der Waals surface area contributed by atoms with Crippen LogP contribution in [-0.4, -0.2) is 68.1 Å². The highest BCUT2D eigenvalue weighted by Crippen LogP contribution is 2.34. The number of para-hydroxylation sites is 2. The highest BCUT2D eigenvalue weighted by Gasteiger charge is 2.58. The molecule has 1 aliphatic rings. The quantitative estimate of drug-likeness (QED) is 0.287. The summed E-state index contributed by atoms with van der Waals surface area (Å²) < 4.78 is 10.0. The van der Waals surface area contributed by atoms with E-state index < -0.39 is 53.3 Å². The Morgan fingerprint density at radius 1 is 1.38 bits per heavy atom. The molecule has 24 heavy (non-hydrogen) atoms. The van der Waals surface area contributed by atoms with Crippen molar-refractivity contribution in [2.45, 2.75) is 30.2 Å². The zero-order valence-electron chi connectivity index (χ0n) is 12.2. The van der Waals surface area contributed by atoms with Crippen molar-refractivity contribution >= 4 is 11.6 Å². The fraction of sp³-hybridized carbons (Fsp3) is 0.462. The Morgan fingerprint density at radius 2 is 2.00 bits per heavy atom. The van der Waals surface area contributed by atoms with Gasteiger partial charge in [0.05, 0.1) is 11.5 Å². The zero-order chi connectivity index (χ0) is 18.1. The van der Waals surface area contributed by atoms with Crippen molar-refractivity contribution in [1.29, 1.82) is 0 Å². The Hall–Kier alpha value is -2.31. The number of nitro benzene ring substituents is 1. The number of aliphatic hydroxyl groups excluding tert-OH is 4. The highest BCUT2D eigenvalue weighted by molar-refractivity contribution is 5.84. The van der Waals surface area contributed by atoms with Crippen LogP contribution >= 0.6 is 0 Å². The molecule has 1 fully saturated rings. The maximum Gasteiger partial charge on any atom is 0.310 e. The lowest BCUT2D eigenvalue weighted by Gasteiger charge is -2.45. The minimum atomic E-state index is -2.44. The van der Waals surface area contributed by atoms with Crippen molar-refractivity contribution < 1.29 is 39.6 Å². The van der Waals surface area contributed by atoms with Gasteiger partial charge in [0.15, 0.2) is 18.1 Å². The molecule has 1 heterocycles. The molecule has 0 unspecified atom stereocenters. The topological polar surface area (TPSA) is 186 Å². The van der Waals surface area contributed by atoms with Crippen molar-refractivity contribution in [1.82, 2.24) is 0 Å². The maximum atomic E-state index is 11.6. The van der Waals surface area contributed by atoms with Crippen molar-refractivity contribution in [2.24, 2.45) is 5.73 Å². The van der Waals surface area contributed by atoms with Gasteiger partial charge in [0.25, 0.3) is 5.91 Å². The summed E-state index contributed by atoms with van der Waals surface area (Å²) in [5.41, 5.74) is 2.20. The molecule has 0 saturated carbocycles. The number of nitrogens with two attached hydrogens (primary N) is 1. The molecule has 0 aliphatic carbocycles. The number of nitro groups is 1. The number of hydrogen-bond acceptors (Lipinski definition) is 9. The molecule has 0 bridgehead atoms. The molecule has 1 aliphatic heterocycles. The van der Waals surface area contributed by atoms with Crippen LogP contribution in [0.5, 0.6) is 5.75 Å². The third kappa shape index (κ3) is 2.90. The van der Waals surface area contributed by atoms with Crippen LogP contribution < -0.4 is 10.5 Å². The number of carbonyl (C=O) groups excluding carboxylic acids is 1. The van der Waals surface area contributed by atoms with Crippen molar-refractivity contribution in [3.63, 3.8) is 0 Å². The first-order chi connectivity index (χ1) is 11.2. The van der Waals surface area contributed by atoms with Crippen molar-refractivity contribution in [3.05, 3.63) is 34.4 Å². The van der Waals surface area contributed by atoms with E-state index in [0.717, 1.165) is 6.07 Å². The molecule has 0 spiro atoms. The molecule has 0 radical (unpaired) electrons. The summed E-state index contributed by atoms with van der Waals surface area (Å²) in [5.74, 6) is -1.63. The Balaban J connectivity index is 2.40. The lowest BCUT2D eigenvalue weighted by Crippen LogP contribution is -2.71. The highest BCUT2D eigenvalue weighted by atomic mass is 16.7. The van der Waals surface area contributed by atoms with Crippen LogP contribution in [0.25, 0.3) is 0 Å². The van der Waals surface area contributed by atoms with Crippen molar-refractivity contribution in [2.75, 3.05) is 6.61 Å². The predicted octanol–water partition coefficient (Wildman–Crippen LogP) is -2.37. The van der Waals surface area contributed by atoms with E-state index in [4.69, 9.17) is 15.2 Å². The second kappa shape index (κ2) is 6.67. The number of benzene rings is 1. The van der Waals surface area contributed by atoms with E-state index in [2.05, 4.69) is 0 Å². The first kappa shape index (κ1) is 18.0. The monoisotopic (exact) mass is 344 g/mol. The van der Waals surface area contributed by atoms with Gasteiger partial charge in [-0.15, -0.1) is 0 Å². The Labute approximate surface area is 135 Å². The van der Waals surface area contributed by atoms with Crippen LogP contribution in [0, 0.1) is 10.1 Å². The number of rotatable bonds is 5. The largest absolute Gasteiger partial charge is 0.478 e. The van der Waals surface area contributed by atoms with Crippen LogP contribution in [0.2, 0.25) is 0 Å². The molecular formula is C13H16N2O9. The van der Waals surface area contributed by atoms with E-state index in [1.807, 2.05) is 0 Å². The van der Waals surface area contributed by atoms with Gasteiger partial charge in [-0.1, -0.05) is 12.1 Å². The average molecular weight is 344 g/mol. The second-order valence-electron chi connectivity index (χ2n) is 5.16. The van der Waals surface area contributed by atoms with Crippen LogP contribution in [0.4, 0.5) is 5.69 Å². The molecule has 132 valence electrons. The minimum Gasteiger partial charge on any atom is -0.478 e. The van der Waals surface area contributed by atoms with E-state index in [9.17, 15) is 35.3 Å². The molecule has 11 heteroatoms. The van der Waals surface area contributed by atoms with Gasteiger partial charge >= 0.3 is 5.69 Å². The van der Waals surface area contributed by atoms with Crippen LogP contribution in [-0.2, 0) is 9.53 Å². The number of hydrogen-bond donors (Lipinski definition) is 5. The van der Waals surface area contributed by atoms with Gasteiger partial charge in [-0.25, -0.2) is 0 Å². The zero-order valence-corrected chi connectivity index (χ0v) is 12.2. The number of amides is 1. The minimum absolute atomic E-state index is 0.323. The Morgan fingerprint density at radius 3 is 2.54 bits per heavy atom. The molecule has 1 aromatic rings. The maximum absolute atomic E-state index is 11.6. The number of carbonyl (C=O) groups is 1. The first-order valence-electron chi connectivity index (χ1n) is 6.77. The molecule has 11 nitrogen and oxygen atoms in total. The first-order valence-corrected chi connectivity index (χ1v) is 6.77. The van der Waals surface area contributed by atoms with E-state index in [1.165, 1.54) is 18.2 Å². The summed E-state index contributed by atoms with van der Waals surface area (Å²) in [6, 6.07) is 5.10. The standard InChI is InChI=1S/C13H16N2O9/c14-12(20)13(5-16)10(18)9(8(17)11(19)24-13)23-7-4-2-1-3-6(7)15(21)22/h1-4,8-11,16-19H,5H2,(H2,14,20)/t8-,9-,10-,11+,13-/m1/s1. The Kier molecular flexibility index (Phi) is 5.01. The third-order valence-corrected chi connectivity index (χ3v) is 3.73. The van der Waals surface area contributed by atoms with Gasteiger partial charge in [-0.3, -0.25) is 14.9 Å². The van der Waals surface area contributed by atoms with E-state index >= 15 is 0 Å². The molecule has 5 atom stereocenters. The van der Waals surface area contributed by atoms with Crippen LogP contribution in [0.1, 0.15) is 0 Å². The second-order valence-corrected chi connectivity index (χ2v) is 5.16. The normalized spacial score (nSPS) is 33.0. The van der Waals surface area contributed by atoms with E-state index in [0.29, 0.717) is 0 Å². The molecule has 1 aromatic carbocycles. The predicted molar refractivity (Wildman–Crippen MR) is 75.6 cm³/mol. The van der Waals surface area contributed by atoms with E-state index in [1.54, 1.807) is 0 Å². The van der Waals surface area contributed by atoms with Crippen molar-refractivity contribution in [3.8, 4) is 5.75 Å². The molecule has 0 aromatic heterocycles. The molecule has 2 rings (SSSR count). The summed E-state index contributed by atoms with van der Waals surface area (Å²) in [6.07, 6.45) is -7.62. The summed E-state index contributed by atoms with van der Waals surface area (Å²) in [7, 11) is 0. The smallest absolute Gasteiger partial charge is 0.310 e. The summed E-state index contributed by atoms with van der Waals surface area (Å²) in [4.78, 5) is 21.8. The van der Waals surface area contributed by atoms with E-state index in [-0.39, 0.29) is 5.75 Å². The lowest BCUT2D eigenvalue weighted by molar-refractivity contribution is -0.386. The van der Waals surface area contributed by atoms with Gasteiger partial charge < -0.3 is 35.6 Å². The molecule has 1 amide bonds. The number of ether oxygens (including phenoxy) is 2. The molecule has 1 saturated heterocycles. The van der Waals surface area contributed by atoms with Gasteiger partial charge in [0.1, 0.15) is 12.2 Å². The fourth-order valence-corrected chi connectivity index (χ4v) is 2.37. The number of nitrogens with zero attached hydrogens (tertiary/aromatic N) is 1. The third-order valence-electron chi connectivity index (χ3n) is 3.73. The van der Waals surface area contributed by atoms with Gasteiger partial charge in [0.2, 0.25) is 5.60 Å². The lowest BCUT2D eigenvalue weighted by atomic mass is 9.86. The SMILES string of the molecule is NC(=O)[C@]1(CO)O[C@H](O)[C@H](O)[C@@H](Oc2ccccc2[N+](=O)[O-])[C@H]1O. The summed E-state index contributed by atoms with van der Waals surface area (Å²) in [6.45, 7) is -1.11. The van der Waals surface area contributed by atoms with Gasteiger partial charge in [-0.05, 0) is 6.07 Å². The summed E-state index contributed by atoms with van der Waals surface area (Å²) in [5, 5.41) is 50.3.